The molecule has 0 radical (unpaired) electrons. The van der Waals surface area contributed by atoms with E-state index in [0.717, 1.165) is 16.7 Å². The number of hydrogen-bond donors (Lipinski definition) is 1. The Kier molecular flexibility index (Phi) is 6.32. The maximum atomic E-state index is 12.5. The monoisotopic (exact) mass is 383 g/mol. The van der Waals surface area contributed by atoms with Gasteiger partial charge in [-0.15, -0.1) is 0 Å². The standard InChI is InChI=1S/C18H22ClNO4S/c1-12-10-17(23-4)18(11-13(12)2)25(21,22)20-7-8-24-16-6-5-15(19)9-14(16)3/h5-6,9-11,20H,7-8H2,1-4H3. The fraction of sp³-hybridized carbons (Fsp3) is 0.333. The summed E-state index contributed by atoms with van der Waals surface area (Å²) in [5, 5.41) is 0.632. The van der Waals surface area contributed by atoms with Crippen LogP contribution >= 0.6 is 11.6 Å². The summed E-state index contributed by atoms with van der Waals surface area (Å²) >= 11 is 5.90. The maximum Gasteiger partial charge on any atom is 0.244 e. The van der Waals surface area contributed by atoms with E-state index in [1.165, 1.54) is 7.11 Å². The van der Waals surface area contributed by atoms with Crippen LogP contribution in [-0.2, 0) is 10.0 Å². The molecule has 25 heavy (non-hydrogen) atoms. The van der Waals surface area contributed by atoms with Crippen molar-refractivity contribution in [1.82, 2.24) is 4.72 Å². The zero-order chi connectivity index (χ0) is 18.6. The van der Waals surface area contributed by atoms with Crippen LogP contribution in [0.3, 0.4) is 0 Å². The van der Waals surface area contributed by atoms with Gasteiger partial charge in [-0.25, -0.2) is 13.1 Å². The molecular formula is C18H22ClNO4S. The third kappa shape index (κ3) is 4.87. The van der Waals surface area contributed by atoms with E-state index in [-0.39, 0.29) is 18.0 Å². The van der Waals surface area contributed by atoms with E-state index in [1.807, 2.05) is 20.8 Å². The second-order valence-corrected chi connectivity index (χ2v) is 7.92. The molecule has 0 spiro atoms. The van der Waals surface area contributed by atoms with E-state index >= 15 is 0 Å². The lowest BCUT2D eigenvalue weighted by molar-refractivity contribution is 0.320. The van der Waals surface area contributed by atoms with Crippen molar-refractivity contribution in [2.45, 2.75) is 25.7 Å². The second kappa shape index (κ2) is 8.08. The fourth-order valence-corrected chi connectivity index (χ4v) is 3.80. The molecule has 0 bridgehead atoms. The summed E-state index contributed by atoms with van der Waals surface area (Å²) in [5.41, 5.74) is 2.75. The van der Waals surface area contributed by atoms with Gasteiger partial charge in [-0.1, -0.05) is 11.6 Å². The molecule has 0 saturated carbocycles. The first kappa shape index (κ1) is 19.6. The van der Waals surface area contributed by atoms with E-state index < -0.39 is 10.0 Å². The van der Waals surface area contributed by atoms with Crippen molar-refractivity contribution >= 4 is 21.6 Å². The molecule has 0 unspecified atom stereocenters. The fourth-order valence-electron chi connectivity index (χ4n) is 2.32. The van der Waals surface area contributed by atoms with Crippen LogP contribution in [0.5, 0.6) is 11.5 Å². The third-order valence-electron chi connectivity index (χ3n) is 3.86. The number of rotatable bonds is 7. The highest BCUT2D eigenvalue weighted by Gasteiger charge is 2.20. The molecule has 2 aromatic carbocycles. The molecule has 0 aromatic heterocycles. The molecule has 0 heterocycles. The van der Waals surface area contributed by atoms with Crippen molar-refractivity contribution in [2.75, 3.05) is 20.3 Å². The largest absolute Gasteiger partial charge is 0.495 e. The number of sulfonamides is 1. The van der Waals surface area contributed by atoms with Gasteiger partial charge >= 0.3 is 0 Å². The summed E-state index contributed by atoms with van der Waals surface area (Å²) in [4.78, 5) is 0.126. The van der Waals surface area contributed by atoms with Gasteiger partial charge in [-0.05, 0) is 67.8 Å². The predicted molar refractivity (Wildman–Crippen MR) is 99.3 cm³/mol. The Hall–Kier alpha value is -1.76. The summed E-state index contributed by atoms with van der Waals surface area (Å²) in [7, 11) is -2.24. The second-order valence-electron chi connectivity index (χ2n) is 5.74. The summed E-state index contributed by atoms with van der Waals surface area (Å²) in [6.07, 6.45) is 0. The van der Waals surface area contributed by atoms with Gasteiger partial charge in [-0.2, -0.15) is 0 Å². The summed E-state index contributed by atoms with van der Waals surface area (Å²) in [5.74, 6) is 0.998. The van der Waals surface area contributed by atoms with Crippen LogP contribution in [0.4, 0.5) is 0 Å². The molecule has 0 aliphatic carbocycles. The van der Waals surface area contributed by atoms with E-state index in [9.17, 15) is 8.42 Å². The lowest BCUT2D eigenvalue weighted by atomic mass is 10.1. The zero-order valence-electron chi connectivity index (χ0n) is 14.7. The van der Waals surface area contributed by atoms with E-state index in [0.29, 0.717) is 16.5 Å². The van der Waals surface area contributed by atoms with Crippen LogP contribution in [0.2, 0.25) is 5.02 Å². The van der Waals surface area contributed by atoms with Gasteiger partial charge in [0.15, 0.2) is 0 Å². The lowest BCUT2D eigenvalue weighted by Gasteiger charge is -2.14. The van der Waals surface area contributed by atoms with Gasteiger partial charge in [0.25, 0.3) is 0 Å². The Morgan fingerprint density at radius 2 is 1.68 bits per heavy atom. The van der Waals surface area contributed by atoms with Gasteiger partial charge < -0.3 is 9.47 Å². The first-order chi connectivity index (χ1) is 11.7. The van der Waals surface area contributed by atoms with Crippen LogP contribution in [0.1, 0.15) is 16.7 Å². The molecule has 0 aliphatic heterocycles. The minimum atomic E-state index is -3.69. The minimum Gasteiger partial charge on any atom is -0.495 e. The Bertz CT molecular complexity index is 866. The number of methoxy groups -OCH3 is 1. The lowest BCUT2D eigenvalue weighted by Crippen LogP contribution is -2.28. The van der Waals surface area contributed by atoms with Gasteiger partial charge in [0, 0.05) is 11.6 Å². The van der Waals surface area contributed by atoms with Crippen molar-refractivity contribution in [3.05, 3.63) is 52.0 Å². The molecule has 0 atom stereocenters. The highest BCUT2D eigenvalue weighted by Crippen LogP contribution is 2.27. The van der Waals surface area contributed by atoms with Crippen LogP contribution in [-0.4, -0.2) is 28.7 Å². The minimum absolute atomic E-state index is 0.126. The van der Waals surface area contributed by atoms with E-state index in [2.05, 4.69) is 4.72 Å². The Morgan fingerprint density at radius 1 is 1.00 bits per heavy atom. The third-order valence-corrected chi connectivity index (χ3v) is 5.58. The highest BCUT2D eigenvalue weighted by atomic mass is 35.5. The van der Waals surface area contributed by atoms with Crippen molar-refractivity contribution in [3.8, 4) is 11.5 Å². The first-order valence-corrected chi connectivity index (χ1v) is 9.64. The van der Waals surface area contributed by atoms with Crippen LogP contribution in [0.25, 0.3) is 0 Å². The normalized spacial score (nSPS) is 11.4. The maximum absolute atomic E-state index is 12.5. The number of nitrogens with one attached hydrogen (secondary N) is 1. The number of hydrogen-bond acceptors (Lipinski definition) is 4. The van der Waals surface area contributed by atoms with Crippen molar-refractivity contribution in [3.63, 3.8) is 0 Å². The van der Waals surface area contributed by atoms with Crippen molar-refractivity contribution < 1.29 is 17.9 Å². The quantitative estimate of drug-likeness (QED) is 0.741. The molecule has 0 amide bonds. The molecule has 0 saturated heterocycles. The van der Waals surface area contributed by atoms with Gasteiger partial charge in [0.05, 0.1) is 7.11 Å². The molecule has 0 fully saturated rings. The topological polar surface area (TPSA) is 64.6 Å². The highest BCUT2D eigenvalue weighted by molar-refractivity contribution is 7.89. The average molecular weight is 384 g/mol. The van der Waals surface area contributed by atoms with E-state index in [4.69, 9.17) is 21.1 Å². The molecule has 136 valence electrons. The number of aryl methyl sites for hydroxylation is 3. The summed E-state index contributed by atoms with van der Waals surface area (Å²) in [6, 6.07) is 8.62. The zero-order valence-corrected chi connectivity index (χ0v) is 16.3. The predicted octanol–water partition coefficient (Wildman–Crippen LogP) is 3.63. The van der Waals surface area contributed by atoms with Crippen molar-refractivity contribution in [1.29, 1.82) is 0 Å². The van der Waals surface area contributed by atoms with Gasteiger partial charge in [0.1, 0.15) is 23.0 Å². The number of benzene rings is 2. The SMILES string of the molecule is COc1cc(C)c(C)cc1S(=O)(=O)NCCOc1ccc(Cl)cc1C. The first-order valence-electron chi connectivity index (χ1n) is 7.78. The van der Waals surface area contributed by atoms with Gasteiger partial charge in [0.2, 0.25) is 10.0 Å². The smallest absolute Gasteiger partial charge is 0.244 e. The van der Waals surface area contributed by atoms with Crippen LogP contribution < -0.4 is 14.2 Å². The molecule has 7 heteroatoms. The van der Waals surface area contributed by atoms with Crippen LogP contribution in [0, 0.1) is 20.8 Å². The molecular weight excluding hydrogens is 362 g/mol. The summed E-state index contributed by atoms with van der Waals surface area (Å²) in [6.45, 7) is 5.99. The molecule has 2 aromatic rings. The number of halogens is 1. The molecule has 2 rings (SSSR count). The molecule has 0 aliphatic rings. The molecule has 5 nitrogen and oxygen atoms in total. The molecule has 1 N–H and O–H groups in total. The van der Waals surface area contributed by atoms with Crippen molar-refractivity contribution in [2.24, 2.45) is 0 Å². The Balaban J connectivity index is 2.03. The summed E-state index contributed by atoms with van der Waals surface area (Å²) < 4.78 is 38.4. The van der Waals surface area contributed by atoms with Crippen LogP contribution in [0.15, 0.2) is 35.2 Å². The Morgan fingerprint density at radius 3 is 2.32 bits per heavy atom. The average Bonchev–Trinajstić information content (AvgIpc) is 2.55. The number of ether oxygens (including phenoxy) is 2. The van der Waals surface area contributed by atoms with E-state index in [1.54, 1.807) is 30.3 Å². The Labute approximate surface area is 154 Å². The van der Waals surface area contributed by atoms with Gasteiger partial charge in [-0.3, -0.25) is 0 Å².